The molecular weight excluding hydrogens is 198 g/mol. The average Bonchev–Trinajstić information content (AvgIpc) is 2.62. The molecule has 2 rings (SSSR count). The van der Waals surface area contributed by atoms with Crippen LogP contribution in [0.2, 0.25) is 0 Å². The number of amides is 2. The van der Waals surface area contributed by atoms with E-state index >= 15 is 0 Å². The van der Waals surface area contributed by atoms with E-state index in [9.17, 15) is 9.59 Å². The van der Waals surface area contributed by atoms with Crippen molar-refractivity contribution in [3.05, 3.63) is 30.1 Å². The number of nitrogens with one attached hydrogen (secondary N) is 2. The van der Waals surface area contributed by atoms with Gasteiger partial charge in [0.15, 0.2) is 6.04 Å². The van der Waals surface area contributed by atoms with Crippen molar-refractivity contribution in [2.24, 2.45) is 0 Å². The Morgan fingerprint density at radius 1 is 1.33 bits per heavy atom. The minimum absolute atomic E-state index is 0.468. The third-order valence-corrected chi connectivity index (χ3v) is 2.24. The van der Waals surface area contributed by atoms with Crippen LogP contribution >= 0.6 is 0 Å². The van der Waals surface area contributed by atoms with Crippen molar-refractivity contribution in [1.82, 2.24) is 15.6 Å². The summed E-state index contributed by atoms with van der Waals surface area (Å²) in [6.07, 6.45) is 3.11. The molecule has 0 aromatic carbocycles. The second kappa shape index (κ2) is 3.56. The van der Waals surface area contributed by atoms with E-state index in [4.69, 9.17) is 5.11 Å². The second-order valence-corrected chi connectivity index (χ2v) is 3.19. The highest BCUT2D eigenvalue weighted by Gasteiger charge is 2.37. The zero-order valence-corrected chi connectivity index (χ0v) is 7.68. The number of urea groups is 1. The smallest absolute Gasteiger partial charge is 0.328 e. The van der Waals surface area contributed by atoms with Crippen LogP contribution in [0.1, 0.15) is 11.6 Å². The lowest BCUT2D eigenvalue weighted by Crippen LogP contribution is -2.35. The van der Waals surface area contributed by atoms with Crippen LogP contribution in [0.4, 0.5) is 4.79 Å². The van der Waals surface area contributed by atoms with Gasteiger partial charge in [-0.25, -0.2) is 9.59 Å². The molecule has 0 bridgehead atoms. The fraction of sp³-hybridized carbons (Fsp3) is 0.222. The molecular formula is C9H9N3O3. The van der Waals surface area contributed by atoms with Gasteiger partial charge >= 0.3 is 12.0 Å². The van der Waals surface area contributed by atoms with Crippen LogP contribution in [0.15, 0.2) is 24.5 Å². The van der Waals surface area contributed by atoms with Crippen LogP contribution in [-0.4, -0.2) is 28.1 Å². The molecule has 6 nitrogen and oxygen atoms in total. The zero-order chi connectivity index (χ0) is 10.8. The van der Waals surface area contributed by atoms with Crippen LogP contribution in [0.25, 0.3) is 0 Å². The van der Waals surface area contributed by atoms with E-state index in [1.165, 1.54) is 0 Å². The minimum Gasteiger partial charge on any atom is -0.480 e. The minimum atomic E-state index is -1.06. The molecule has 1 fully saturated rings. The van der Waals surface area contributed by atoms with Gasteiger partial charge in [-0.3, -0.25) is 4.98 Å². The summed E-state index contributed by atoms with van der Waals surface area (Å²) in [5, 5.41) is 13.8. The fourth-order valence-electron chi connectivity index (χ4n) is 1.54. The number of aliphatic carboxylic acids is 1. The Balaban J connectivity index is 2.28. The number of rotatable bonds is 2. The average molecular weight is 207 g/mol. The summed E-state index contributed by atoms with van der Waals surface area (Å²) in [7, 11) is 0. The van der Waals surface area contributed by atoms with Crippen LogP contribution in [-0.2, 0) is 4.79 Å². The monoisotopic (exact) mass is 207 g/mol. The van der Waals surface area contributed by atoms with Crippen molar-refractivity contribution < 1.29 is 14.7 Å². The third kappa shape index (κ3) is 1.74. The maximum atomic E-state index is 11.0. The summed E-state index contributed by atoms with van der Waals surface area (Å²) in [4.78, 5) is 25.7. The summed E-state index contributed by atoms with van der Waals surface area (Å²) >= 11 is 0. The number of carboxylic acid groups (broad SMARTS) is 1. The van der Waals surface area contributed by atoms with Gasteiger partial charge in [-0.05, 0) is 17.7 Å². The molecule has 2 heterocycles. The first-order chi connectivity index (χ1) is 7.18. The molecule has 15 heavy (non-hydrogen) atoms. The molecule has 1 aromatic heterocycles. The van der Waals surface area contributed by atoms with Gasteiger partial charge in [0.05, 0.1) is 6.04 Å². The van der Waals surface area contributed by atoms with Crippen LogP contribution in [0.3, 0.4) is 0 Å². The van der Waals surface area contributed by atoms with E-state index < -0.39 is 24.1 Å². The van der Waals surface area contributed by atoms with Crippen molar-refractivity contribution in [2.75, 3.05) is 0 Å². The Morgan fingerprint density at radius 2 is 2.00 bits per heavy atom. The van der Waals surface area contributed by atoms with Crippen molar-refractivity contribution in [3.63, 3.8) is 0 Å². The number of pyridine rings is 1. The molecule has 78 valence electrons. The molecule has 2 unspecified atom stereocenters. The van der Waals surface area contributed by atoms with Crippen LogP contribution < -0.4 is 10.6 Å². The number of carbonyl (C=O) groups excluding carboxylic acids is 1. The van der Waals surface area contributed by atoms with Gasteiger partial charge in [-0.2, -0.15) is 0 Å². The predicted octanol–water partition coefficient (Wildman–Crippen LogP) is -0.111. The van der Waals surface area contributed by atoms with Gasteiger partial charge in [0, 0.05) is 12.4 Å². The van der Waals surface area contributed by atoms with Crippen LogP contribution in [0, 0.1) is 0 Å². The highest BCUT2D eigenvalue weighted by Crippen LogP contribution is 2.20. The number of carboxylic acids is 1. The molecule has 1 aliphatic rings. The van der Waals surface area contributed by atoms with Gasteiger partial charge in [0.1, 0.15) is 0 Å². The summed E-state index contributed by atoms with van der Waals surface area (Å²) in [5.41, 5.74) is 0.718. The first-order valence-corrected chi connectivity index (χ1v) is 4.38. The summed E-state index contributed by atoms with van der Waals surface area (Å²) in [5.74, 6) is -1.06. The highest BCUT2D eigenvalue weighted by atomic mass is 16.4. The second-order valence-electron chi connectivity index (χ2n) is 3.19. The summed E-state index contributed by atoms with van der Waals surface area (Å²) < 4.78 is 0. The first-order valence-electron chi connectivity index (χ1n) is 4.38. The van der Waals surface area contributed by atoms with Gasteiger partial charge in [0.25, 0.3) is 0 Å². The molecule has 0 spiro atoms. The molecule has 1 aromatic rings. The Labute approximate surface area is 85.3 Å². The Kier molecular flexibility index (Phi) is 2.24. The first kappa shape index (κ1) is 9.45. The largest absolute Gasteiger partial charge is 0.480 e. The third-order valence-electron chi connectivity index (χ3n) is 2.24. The molecule has 2 atom stereocenters. The number of nitrogens with zero attached hydrogens (tertiary/aromatic N) is 1. The standard InChI is InChI=1S/C9H9N3O3/c13-8(14)7-6(11-9(15)12-7)5-1-3-10-4-2-5/h1-4,6-7H,(H,13,14)(H2,11,12,15). The van der Waals surface area contributed by atoms with Crippen molar-refractivity contribution in [2.45, 2.75) is 12.1 Å². The van der Waals surface area contributed by atoms with E-state index in [0.29, 0.717) is 0 Å². The number of hydrogen-bond acceptors (Lipinski definition) is 3. The quantitative estimate of drug-likeness (QED) is 0.631. The molecule has 3 N–H and O–H groups in total. The molecule has 1 aliphatic heterocycles. The number of carbonyl (C=O) groups is 2. The molecule has 0 aliphatic carbocycles. The highest BCUT2D eigenvalue weighted by molar-refractivity contribution is 5.87. The Hall–Kier alpha value is -2.11. The van der Waals surface area contributed by atoms with E-state index in [-0.39, 0.29) is 0 Å². The van der Waals surface area contributed by atoms with E-state index in [2.05, 4.69) is 15.6 Å². The lowest BCUT2D eigenvalue weighted by Gasteiger charge is -2.14. The van der Waals surface area contributed by atoms with Gasteiger partial charge in [-0.15, -0.1) is 0 Å². The lowest BCUT2D eigenvalue weighted by molar-refractivity contribution is -0.139. The normalized spacial score (nSPS) is 24.4. The van der Waals surface area contributed by atoms with Gasteiger partial charge < -0.3 is 15.7 Å². The molecule has 0 saturated carbocycles. The fourth-order valence-corrected chi connectivity index (χ4v) is 1.54. The summed E-state index contributed by atoms with van der Waals surface area (Å²) in [6, 6.07) is 1.41. The van der Waals surface area contributed by atoms with E-state index in [1.54, 1.807) is 24.5 Å². The molecule has 6 heteroatoms. The maximum absolute atomic E-state index is 11.0. The Bertz CT molecular complexity index is 393. The topological polar surface area (TPSA) is 91.3 Å². The predicted molar refractivity (Wildman–Crippen MR) is 50.1 cm³/mol. The summed E-state index contributed by atoms with van der Waals surface area (Å²) in [6.45, 7) is 0. The zero-order valence-electron chi connectivity index (χ0n) is 7.68. The Morgan fingerprint density at radius 3 is 2.60 bits per heavy atom. The van der Waals surface area contributed by atoms with Gasteiger partial charge in [0.2, 0.25) is 0 Å². The van der Waals surface area contributed by atoms with Crippen molar-refractivity contribution >= 4 is 12.0 Å². The maximum Gasteiger partial charge on any atom is 0.328 e. The van der Waals surface area contributed by atoms with E-state index in [1.807, 2.05) is 0 Å². The molecule has 1 saturated heterocycles. The number of aromatic nitrogens is 1. The number of hydrogen-bond donors (Lipinski definition) is 3. The van der Waals surface area contributed by atoms with Crippen molar-refractivity contribution in [3.8, 4) is 0 Å². The molecule has 2 amide bonds. The molecule has 0 radical (unpaired) electrons. The van der Waals surface area contributed by atoms with Gasteiger partial charge in [-0.1, -0.05) is 0 Å². The lowest BCUT2D eigenvalue weighted by atomic mass is 10.0. The SMILES string of the molecule is O=C1NC(C(=O)O)C(c2ccncc2)N1. The van der Waals surface area contributed by atoms with Crippen molar-refractivity contribution in [1.29, 1.82) is 0 Å². The van der Waals surface area contributed by atoms with Crippen LogP contribution in [0.5, 0.6) is 0 Å². The van der Waals surface area contributed by atoms with E-state index in [0.717, 1.165) is 5.56 Å².